The Balaban J connectivity index is 1.77. The summed E-state index contributed by atoms with van der Waals surface area (Å²) in [7, 11) is 1.60. The fraction of sp³-hybridized carbons (Fsp3) is 0.619. The third kappa shape index (κ3) is 8.00. The van der Waals surface area contributed by atoms with E-state index in [1.807, 2.05) is 18.7 Å². The minimum absolute atomic E-state index is 0.0130. The summed E-state index contributed by atoms with van der Waals surface area (Å²) in [6, 6.07) is 6.56. The molecule has 1 aliphatic rings. The number of aliphatic hydroxyl groups is 1. The van der Waals surface area contributed by atoms with Crippen LogP contribution in [0.15, 0.2) is 24.3 Å². The minimum atomic E-state index is -0.798. The van der Waals surface area contributed by atoms with Gasteiger partial charge in [0.15, 0.2) is 0 Å². The molecule has 0 aliphatic carbocycles. The lowest BCUT2D eigenvalue weighted by molar-refractivity contribution is -0.0144. The predicted octanol–water partition coefficient (Wildman–Crippen LogP) is 2.19. The Morgan fingerprint density at radius 3 is 2.66 bits per heavy atom. The van der Waals surface area contributed by atoms with Crippen LogP contribution < -0.4 is 5.32 Å². The summed E-state index contributed by atoms with van der Waals surface area (Å²) in [6.07, 6.45) is 1.41. The number of nitrogens with one attached hydrogen (secondary N) is 1. The molecular formula is C21H33N3O5. The molecule has 162 valence electrons. The van der Waals surface area contributed by atoms with Gasteiger partial charge in [0.25, 0.3) is 5.91 Å². The van der Waals surface area contributed by atoms with Crippen LogP contribution in [0.5, 0.6) is 0 Å². The van der Waals surface area contributed by atoms with E-state index in [0.29, 0.717) is 24.5 Å². The summed E-state index contributed by atoms with van der Waals surface area (Å²) in [6.45, 7) is 6.56. The molecular weight excluding hydrogens is 374 g/mol. The second-order valence-electron chi connectivity index (χ2n) is 7.54. The highest BCUT2D eigenvalue weighted by molar-refractivity contribution is 5.97. The zero-order chi connectivity index (χ0) is 21.2. The fourth-order valence-corrected chi connectivity index (χ4v) is 3.07. The van der Waals surface area contributed by atoms with E-state index < -0.39 is 6.10 Å². The van der Waals surface area contributed by atoms with Crippen LogP contribution >= 0.6 is 0 Å². The predicted molar refractivity (Wildman–Crippen MR) is 111 cm³/mol. The standard InChI is InChI=1S/C21H33N3O5/c1-16(2)29-12-11-28-15-19(25)14-23(3)21(27)22-18-8-6-7-17(13-18)20(26)24-9-4-5-10-24/h6-8,13,16,19,25H,4-5,9-12,14-15H2,1-3H3,(H,22,27). The Bertz CT molecular complexity index is 661. The second kappa shape index (κ2) is 11.7. The van der Waals surface area contributed by atoms with Crippen molar-refractivity contribution >= 4 is 17.6 Å². The van der Waals surface area contributed by atoms with Crippen LogP contribution in [0.25, 0.3) is 0 Å². The molecule has 0 radical (unpaired) electrons. The molecule has 1 fully saturated rings. The Hall–Kier alpha value is -2.16. The van der Waals surface area contributed by atoms with Gasteiger partial charge in [0.2, 0.25) is 0 Å². The molecule has 1 atom stereocenters. The molecule has 29 heavy (non-hydrogen) atoms. The van der Waals surface area contributed by atoms with Gasteiger partial charge in [0.05, 0.1) is 38.6 Å². The van der Waals surface area contributed by atoms with E-state index >= 15 is 0 Å². The molecule has 2 rings (SSSR count). The Morgan fingerprint density at radius 2 is 1.97 bits per heavy atom. The molecule has 1 heterocycles. The van der Waals surface area contributed by atoms with Crippen LogP contribution in [0.3, 0.4) is 0 Å². The number of carbonyl (C=O) groups excluding carboxylic acids is 2. The maximum atomic E-state index is 12.5. The molecule has 2 N–H and O–H groups in total. The average molecular weight is 408 g/mol. The van der Waals surface area contributed by atoms with Gasteiger partial charge in [-0.15, -0.1) is 0 Å². The normalized spacial score (nSPS) is 14.9. The summed E-state index contributed by atoms with van der Waals surface area (Å²) in [5.74, 6) is -0.0130. The molecule has 0 aromatic heterocycles. The van der Waals surface area contributed by atoms with Gasteiger partial charge >= 0.3 is 6.03 Å². The van der Waals surface area contributed by atoms with Crippen molar-refractivity contribution in [3.05, 3.63) is 29.8 Å². The van der Waals surface area contributed by atoms with Crippen LogP contribution in [-0.2, 0) is 9.47 Å². The lowest BCUT2D eigenvalue weighted by atomic mass is 10.2. The van der Waals surface area contributed by atoms with Gasteiger partial charge in [0.1, 0.15) is 0 Å². The van der Waals surface area contributed by atoms with Crippen molar-refractivity contribution in [2.75, 3.05) is 51.8 Å². The summed E-state index contributed by atoms with van der Waals surface area (Å²) in [4.78, 5) is 28.1. The summed E-state index contributed by atoms with van der Waals surface area (Å²) < 4.78 is 10.7. The number of amides is 3. The molecule has 1 saturated heterocycles. The number of urea groups is 1. The third-order valence-electron chi connectivity index (χ3n) is 4.57. The van der Waals surface area contributed by atoms with Crippen molar-refractivity contribution in [2.45, 2.75) is 38.9 Å². The van der Waals surface area contributed by atoms with Crippen molar-refractivity contribution < 1.29 is 24.2 Å². The van der Waals surface area contributed by atoms with E-state index in [1.165, 1.54) is 4.90 Å². The van der Waals surface area contributed by atoms with Crippen molar-refractivity contribution in [2.24, 2.45) is 0 Å². The molecule has 0 saturated carbocycles. The van der Waals surface area contributed by atoms with E-state index in [2.05, 4.69) is 5.32 Å². The van der Waals surface area contributed by atoms with Crippen LogP contribution in [0.4, 0.5) is 10.5 Å². The highest BCUT2D eigenvalue weighted by Crippen LogP contribution is 2.16. The Morgan fingerprint density at radius 1 is 1.24 bits per heavy atom. The van der Waals surface area contributed by atoms with Gasteiger partial charge in [-0.05, 0) is 44.9 Å². The molecule has 8 heteroatoms. The quantitative estimate of drug-likeness (QED) is 0.580. The van der Waals surface area contributed by atoms with E-state index in [0.717, 1.165) is 25.9 Å². The monoisotopic (exact) mass is 407 g/mol. The van der Waals surface area contributed by atoms with Crippen LogP contribution in [0, 0.1) is 0 Å². The van der Waals surface area contributed by atoms with Gasteiger partial charge in [-0.1, -0.05) is 6.07 Å². The van der Waals surface area contributed by atoms with Crippen molar-refractivity contribution in [1.29, 1.82) is 0 Å². The molecule has 8 nitrogen and oxygen atoms in total. The highest BCUT2D eigenvalue weighted by Gasteiger charge is 2.20. The second-order valence-corrected chi connectivity index (χ2v) is 7.54. The zero-order valence-corrected chi connectivity index (χ0v) is 17.6. The number of benzene rings is 1. The molecule has 1 aromatic carbocycles. The number of likely N-dealkylation sites (tertiary alicyclic amines) is 1. The topological polar surface area (TPSA) is 91.3 Å². The lowest BCUT2D eigenvalue weighted by Gasteiger charge is -2.22. The van der Waals surface area contributed by atoms with Gasteiger partial charge in [-0.2, -0.15) is 0 Å². The minimum Gasteiger partial charge on any atom is -0.389 e. The number of nitrogens with zero attached hydrogens (tertiary/aromatic N) is 2. The van der Waals surface area contributed by atoms with Crippen molar-refractivity contribution in [3.8, 4) is 0 Å². The van der Waals surface area contributed by atoms with Crippen LogP contribution in [0.1, 0.15) is 37.0 Å². The number of carbonyl (C=O) groups is 2. The Kier molecular flexibility index (Phi) is 9.37. The Labute approximate surface area is 172 Å². The van der Waals surface area contributed by atoms with E-state index in [4.69, 9.17) is 9.47 Å². The molecule has 0 bridgehead atoms. The van der Waals surface area contributed by atoms with Gasteiger partial charge in [-0.3, -0.25) is 4.79 Å². The van der Waals surface area contributed by atoms with Gasteiger partial charge < -0.3 is 29.7 Å². The van der Waals surface area contributed by atoms with Crippen LogP contribution in [0.2, 0.25) is 0 Å². The van der Waals surface area contributed by atoms with Gasteiger partial charge in [0, 0.05) is 31.4 Å². The molecule has 1 unspecified atom stereocenters. The van der Waals surface area contributed by atoms with Crippen molar-refractivity contribution in [3.63, 3.8) is 0 Å². The van der Waals surface area contributed by atoms with Crippen molar-refractivity contribution in [1.82, 2.24) is 9.80 Å². The van der Waals surface area contributed by atoms with E-state index in [1.54, 1.807) is 31.3 Å². The molecule has 0 spiro atoms. The number of rotatable bonds is 10. The lowest BCUT2D eigenvalue weighted by Crippen LogP contribution is -2.39. The van der Waals surface area contributed by atoms with E-state index in [-0.39, 0.29) is 31.2 Å². The maximum absolute atomic E-state index is 12.5. The summed E-state index contributed by atoms with van der Waals surface area (Å²) >= 11 is 0. The molecule has 1 aromatic rings. The van der Waals surface area contributed by atoms with E-state index in [9.17, 15) is 14.7 Å². The number of anilines is 1. The number of aliphatic hydroxyl groups excluding tert-OH is 1. The number of likely N-dealkylation sites (N-methyl/N-ethyl adjacent to an activating group) is 1. The first-order valence-corrected chi connectivity index (χ1v) is 10.2. The fourth-order valence-electron chi connectivity index (χ4n) is 3.07. The first-order valence-electron chi connectivity index (χ1n) is 10.2. The zero-order valence-electron chi connectivity index (χ0n) is 17.6. The SMILES string of the molecule is CC(C)OCCOCC(O)CN(C)C(=O)Nc1cccc(C(=O)N2CCCC2)c1. The highest BCUT2D eigenvalue weighted by atomic mass is 16.5. The molecule has 1 aliphatic heterocycles. The average Bonchev–Trinajstić information content (AvgIpc) is 3.21. The number of hydrogen-bond acceptors (Lipinski definition) is 5. The number of hydrogen-bond donors (Lipinski definition) is 2. The van der Waals surface area contributed by atoms with Crippen LogP contribution in [-0.4, -0.2) is 85.6 Å². The largest absolute Gasteiger partial charge is 0.389 e. The summed E-state index contributed by atoms with van der Waals surface area (Å²) in [5, 5.41) is 12.8. The molecule has 3 amide bonds. The maximum Gasteiger partial charge on any atom is 0.321 e. The smallest absolute Gasteiger partial charge is 0.321 e. The first kappa shape index (κ1) is 23.1. The third-order valence-corrected chi connectivity index (χ3v) is 4.57. The summed E-state index contributed by atoms with van der Waals surface area (Å²) in [5.41, 5.74) is 1.10. The van der Waals surface area contributed by atoms with Gasteiger partial charge in [-0.25, -0.2) is 4.79 Å². The number of ether oxygens (including phenoxy) is 2. The first-order chi connectivity index (χ1) is 13.9.